The highest BCUT2D eigenvalue weighted by Gasteiger charge is 2.26. The summed E-state index contributed by atoms with van der Waals surface area (Å²) in [6, 6.07) is 12.8. The van der Waals surface area contributed by atoms with E-state index in [0.717, 1.165) is 36.5 Å². The van der Waals surface area contributed by atoms with Gasteiger partial charge in [-0.15, -0.1) is 11.3 Å². The lowest BCUT2D eigenvalue weighted by atomic mass is 10.0. The molecule has 0 fully saturated rings. The predicted octanol–water partition coefficient (Wildman–Crippen LogP) is 3.85. The summed E-state index contributed by atoms with van der Waals surface area (Å²) >= 11 is 1.83. The van der Waals surface area contributed by atoms with Crippen molar-refractivity contribution in [1.29, 1.82) is 0 Å². The fourth-order valence-corrected chi connectivity index (χ4v) is 5.07. The largest absolute Gasteiger partial charge is 0.351 e. The number of aromatic nitrogens is 2. The highest BCUT2D eigenvalue weighted by Crippen LogP contribution is 2.32. The maximum atomic E-state index is 12.6. The zero-order valence-electron chi connectivity index (χ0n) is 17.3. The summed E-state index contributed by atoms with van der Waals surface area (Å²) in [5.74, 6) is 0.0742. The molecule has 1 atom stereocenters. The monoisotopic (exact) mass is 408 g/mol. The van der Waals surface area contributed by atoms with Crippen LogP contribution in [-0.2, 0) is 24.3 Å². The average molecular weight is 409 g/mol. The van der Waals surface area contributed by atoms with Gasteiger partial charge in [0.2, 0.25) is 5.91 Å². The molecule has 1 unspecified atom stereocenters. The van der Waals surface area contributed by atoms with Gasteiger partial charge in [0.1, 0.15) is 0 Å². The first-order valence-electron chi connectivity index (χ1n) is 10.2. The van der Waals surface area contributed by atoms with Crippen LogP contribution >= 0.6 is 11.3 Å². The summed E-state index contributed by atoms with van der Waals surface area (Å²) in [6.07, 6.45) is 1.04. The number of hydrogen-bond donors (Lipinski definition) is 1. The van der Waals surface area contributed by atoms with Crippen molar-refractivity contribution in [1.82, 2.24) is 20.0 Å². The molecule has 0 saturated heterocycles. The maximum Gasteiger partial charge on any atom is 0.234 e. The highest BCUT2D eigenvalue weighted by molar-refractivity contribution is 7.10. The van der Waals surface area contributed by atoms with E-state index >= 15 is 0 Å². The second-order valence-electron chi connectivity index (χ2n) is 7.76. The first-order valence-corrected chi connectivity index (χ1v) is 11.0. The van der Waals surface area contributed by atoms with E-state index in [-0.39, 0.29) is 5.91 Å². The van der Waals surface area contributed by atoms with E-state index in [1.807, 2.05) is 41.1 Å². The maximum absolute atomic E-state index is 12.6. The Hall–Kier alpha value is -2.44. The third-order valence-corrected chi connectivity index (χ3v) is 6.92. The minimum Gasteiger partial charge on any atom is -0.351 e. The van der Waals surface area contributed by atoms with E-state index in [1.54, 1.807) is 0 Å². The van der Waals surface area contributed by atoms with Gasteiger partial charge in [0, 0.05) is 35.3 Å². The van der Waals surface area contributed by atoms with E-state index < -0.39 is 0 Å². The number of thiophene rings is 1. The Kier molecular flexibility index (Phi) is 5.83. The summed E-state index contributed by atoms with van der Waals surface area (Å²) in [5.41, 5.74) is 5.80. The molecular formula is C23H28N4OS. The van der Waals surface area contributed by atoms with E-state index in [1.165, 1.54) is 16.0 Å². The molecule has 1 amide bonds. The molecule has 3 aromatic rings. The number of hydrogen-bond acceptors (Lipinski definition) is 4. The van der Waals surface area contributed by atoms with Crippen molar-refractivity contribution in [2.75, 3.05) is 13.1 Å². The number of aryl methyl sites for hydroxylation is 1. The van der Waals surface area contributed by atoms with Gasteiger partial charge in [-0.05, 0) is 49.8 Å². The molecule has 0 aliphatic carbocycles. The minimum atomic E-state index is 0.0742. The van der Waals surface area contributed by atoms with Gasteiger partial charge < -0.3 is 5.32 Å². The number of carbonyl (C=O) groups excluding carboxylic acids is 1. The Morgan fingerprint density at radius 2 is 2.03 bits per heavy atom. The smallest absolute Gasteiger partial charge is 0.234 e. The topological polar surface area (TPSA) is 50.2 Å². The molecule has 0 saturated carbocycles. The number of nitrogens with one attached hydrogen (secondary N) is 1. The van der Waals surface area contributed by atoms with Crippen LogP contribution < -0.4 is 5.32 Å². The molecule has 6 heteroatoms. The summed E-state index contributed by atoms with van der Waals surface area (Å²) < 4.78 is 2.02. The van der Waals surface area contributed by atoms with Crippen LogP contribution in [0.25, 0.3) is 0 Å². The van der Waals surface area contributed by atoms with Crippen LogP contribution in [0.4, 0.5) is 0 Å². The van der Waals surface area contributed by atoms with Crippen LogP contribution in [-0.4, -0.2) is 33.7 Å². The lowest BCUT2D eigenvalue weighted by Crippen LogP contribution is -2.41. The molecule has 3 heterocycles. The van der Waals surface area contributed by atoms with Crippen LogP contribution in [0.2, 0.25) is 0 Å². The Labute approximate surface area is 176 Å². The van der Waals surface area contributed by atoms with Crippen molar-refractivity contribution < 1.29 is 4.79 Å². The molecule has 5 nitrogen and oxygen atoms in total. The van der Waals surface area contributed by atoms with Crippen molar-refractivity contribution in [2.24, 2.45) is 0 Å². The van der Waals surface area contributed by atoms with Gasteiger partial charge in [0.05, 0.1) is 18.8 Å². The number of nitrogens with zero attached hydrogens (tertiary/aromatic N) is 3. The number of amides is 1. The molecule has 1 aliphatic heterocycles. The van der Waals surface area contributed by atoms with E-state index in [9.17, 15) is 4.79 Å². The molecular weight excluding hydrogens is 380 g/mol. The van der Waals surface area contributed by atoms with Crippen molar-refractivity contribution >= 4 is 17.2 Å². The van der Waals surface area contributed by atoms with Gasteiger partial charge in [-0.1, -0.05) is 30.3 Å². The molecule has 1 N–H and O–H groups in total. The standard InChI is InChI=1S/C23H28N4OS/c1-16-21(18(3)27(25-16)14-19-7-5-4-6-8-19)13-24-23(28)15-26-11-9-22-20(17(26)2)10-12-29-22/h4-8,10,12,17H,9,11,13-15H2,1-3H3,(H,24,28). The van der Waals surface area contributed by atoms with Gasteiger partial charge >= 0.3 is 0 Å². The molecule has 2 aromatic heterocycles. The summed E-state index contributed by atoms with van der Waals surface area (Å²) in [6.45, 7) is 8.94. The summed E-state index contributed by atoms with van der Waals surface area (Å²) in [7, 11) is 0. The van der Waals surface area contributed by atoms with E-state index in [4.69, 9.17) is 0 Å². The van der Waals surface area contributed by atoms with Gasteiger partial charge in [0.25, 0.3) is 0 Å². The molecule has 4 rings (SSSR count). The summed E-state index contributed by atoms with van der Waals surface area (Å²) in [4.78, 5) is 16.4. The van der Waals surface area contributed by atoms with Crippen LogP contribution in [0, 0.1) is 13.8 Å². The molecule has 0 bridgehead atoms. The first-order chi connectivity index (χ1) is 14.0. The number of benzene rings is 1. The third kappa shape index (κ3) is 4.28. The normalized spacial score (nSPS) is 16.6. The summed E-state index contributed by atoms with van der Waals surface area (Å²) in [5, 5.41) is 9.95. The number of carbonyl (C=O) groups is 1. The Morgan fingerprint density at radius 1 is 1.24 bits per heavy atom. The van der Waals surface area contributed by atoms with Crippen LogP contribution in [0.15, 0.2) is 41.8 Å². The second kappa shape index (κ2) is 8.51. The molecule has 0 radical (unpaired) electrons. The van der Waals surface area contributed by atoms with E-state index in [2.05, 4.69) is 52.7 Å². The zero-order chi connectivity index (χ0) is 20.4. The van der Waals surface area contributed by atoms with Gasteiger partial charge in [-0.25, -0.2) is 0 Å². The molecule has 1 aromatic carbocycles. The number of fused-ring (bicyclic) bond motifs is 1. The number of rotatable bonds is 6. The lowest BCUT2D eigenvalue weighted by molar-refractivity contribution is -0.123. The third-order valence-electron chi connectivity index (χ3n) is 5.92. The molecule has 29 heavy (non-hydrogen) atoms. The lowest BCUT2D eigenvalue weighted by Gasteiger charge is -2.32. The SMILES string of the molecule is Cc1nn(Cc2ccccc2)c(C)c1CNC(=O)CN1CCc2sccc2C1C. The fourth-order valence-electron chi connectivity index (χ4n) is 4.10. The van der Waals surface area contributed by atoms with Crippen molar-refractivity contribution in [3.05, 3.63) is 74.7 Å². The second-order valence-corrected chi connectivity index (χ2v) is 8.77. The van der Waals surface area contributed by atoms with Gasteiger partial charge in [0.15, 0.2) is 0 Å². The first kappa shape index (κ1) is 19.9. The van der Waals surface area contributed by atoms with Crippen LogP contribution in [0.5, 0.6) is 0 Å². The fraction of sp³-hybridized carbons (Fsp3) is 0.391. The van der Waals surface area contributed by atoms with Crippen molar-refractivity contribution in [3.63, 3.8) is 0 Å². The Morgan fingerprint density at radius 3 is 2.83 bits per heavy atom. The molecule has 152 valence electrons. The minimum absolute atomic E-state index is 0.0742. The van der Waals surface area contributed by atoms with Crippen LogP contribution in [0.3, 0.4) is 0 Å². The Bertz CT molecular complexity index is 992. The Balaban J connectivity index is 1.36. The van der Waals surface area contributed by atoms with Crippen molar-refractivity contribution in [2.45, 2.75) is 46.3 Å². The highest BCUT2D eigenvalue weighted by atomic mass is 32.1. The van der Waals surface area contributed by atoms with Gasteiger partial charge in [-0.2, -0.15) is 5.10 Å². The van der Waals surface area contributed by atoms with Crippen LogP contribution in [0.1, 0.15) is 45.9 Å². The zero-order valence-corrected chi connectivity index (χ0v) is 18.1. The van der Waals surface area contributed by atoms with Gasteiger partial charge in [-0.3, -0.25) is 14.4 Å². The molecule has 0 spiro atoms. The molecule has 1 aliphatic rings. The van der Waals surface area contributed by atoms with E-state index in [0.29, 0.717) is 19.1 Å². The average Bonchev–Trinajstić information content (AvgIpc) is 3.29. The quantitative estimate of drug-likeness (QED) is 0.674. The predicted molar refractivity (Wildman–Crippen MR) is 117 cm³/mol. The van der Waals surface area contributed by atoms with Crippen molar-refractivity contribution in [3.8, 4) is 0 Å².